The summed E-state index contributed by atoms with van der Waals surface area (Å²) in [5.74, 6) is 0. The normalized spacial score (nSPS) is 13.8. The van der Waals surface area contributed by atoms with Gasteiger partial charge in [-0.3, -0.25) is 0 Å². The zero-order chi connectivity index (χ0) is 18.1. The van der Waals surface area contributed by atoms with Gasteiger partial charge in [0.2, 0.25) is 0 Å². The predicted octanol–water partition coefficient (Wildman–Crippen LogP) is 4.98. The second-order valence-electron chi connectivity index (χ2n) is 6.55. The summed E-state index contributed by atoms with van der Waals surface area (Å²) in [7, 11) is 0. The minimum atomic E-state index is 0.0199. The zero-order valence-electron chi connectivity index (χ0n) is 14.7. The van der Waals surface area contributed by atoms with Crippen molar-refractivity contribution in [3.05, 3.63) is 90.3 Å². The molecule has 3 N–H and O–H groups in total. The largest absolute Gasteiger partial charge is 0.362 e. The highest BCUT2D eigenvalue weighted by molar-refractivity contribution is 5.86. The smallest absolute Gasteiger partial charge is 0.0788 e. The Hall–Kier alpha value is -3.17. The number of nitrogens with one attached hydrogen (secondary N) is 1. The maximum atomic E-state index is 5.99. The van der Waals surface area contributed by atoms with Gasteiger partial charge < -0.3 is 11.1 Å². The van der Waals surface area contributed by atoms with Crippen LogP contribution in [0, 0.1) is 0 Å². The summed E-state index contributed by atoms with van der Waals surface area (Å²) in [6, 6.07) is 20.9. The van der Waals surface area contributed by atoms with Gasteiger partial charge in [-0.1, -0.05) is 61.2 Å². The van der Waals surface area contributed by atoms with Crippen LogP contribution < -0.4 is 11.1 Å². The maximum Gasteiger partial charge on any atom is 0.0788 e. The second kappa shape index (κ2) is 6.62. The van der Waals surface area contributed by atoms with Crippen molar-refractivity contribution in [2.75, 3.05) is 0 Å². The van der Waals surface area contributed by atoms with Crippen molar-refractivity contribution in [1.82, 2.24) is 10.3 Å². The number of nitrogens with zero attached hydrogens (tertiary/aromatic N) is 1. The van der Waals surface area contributed by atoms with E-state index in [0.29, 0.717) is 0 Å². The Kier molecular flexibility index (Phi) is 4.15. The molecule has 128 valence electrons. The van der Waals surface area contributed by atoms with Crippen molar-refractivity contribution in [2.24, 2.45) is 5.73 Å². The summed E-state index contributed by atoms with van der Waals surface area (Å²) in [5, 5.41) is 3.17. The van der Waals surface area contributed by atoms with E-state index < -0.39 is 0 Å². The fraction of sp³-hybridized carbons (Fsp3) is 0.0870. The molecule has 1 atom stereocenters. The Bertz CT molecular complexity index is 984. The van der Waals surface area contributed by atoms with E-state index in [1.807, 2.05) is 37.4 Å². The molecule has 3 aromatic rings. The molecule has 0 bridgehead atoms. The summed E-state index contributed by atoms with van der Waals surface area (Å²) in [6.45, 7) is 6.10. The van der Waals surface area contributed by atoms with Crippen LogP contribution >= 0.6 is 0 Å². The Labute approximate surface area is 153 Å². The van der Waals surface area contributed by atoms with Crippen molar-refractivity contribution in [2.45, 2.75) is 13.0 Å². The standard InChI is InChI=1S/C23H21N3/c1-15(24)17-8-10-19(11-9-17)23-21(18-6-4-3-5-7-18)14-20-16(2)25-13-12-22(20)26-23/h3-15,25H,2,24H2,1H3/t15-/m1/s1. The molecule has 1 aliphatic rings. The van der Waals surface area contributed by atoms with Crippen LogP contribution in [0.2, 0.25) is 0 Å². The first kappa shape index (κ1) is 16.3. The van der Waals surface area contributed by atoms with Crippen LogP contribution in [-0.4, -0.2) is 4.98 Å². The number of rotatable bonds is 3. The number of benzene rings is 2. The molecule has 0 saturated carbocycles. The van der Waals surface area contributed by atoms with Crippen LogP contribution in [0.1, 0.15) is 29.8 Å². The first-order valence-electron chi connectivity index (χ1n) is 8.72. The van der Waals surface area contributed by atoms with E-state index in [1.165, 1.54) is 0 Å². The van der Waals surface area contributed by atoms with Crippen molar-refractivity contribution in [3.8, 4) is 22.4 Å². The van der Waals surface area contributed by atoms with Crippen molar-refractivity contribution >= 4 is 11.8 Å². The van der Waals surface area contributed by atoms with Gasteiger partial charge in [0.05, 0.1) is 11.4 Å². The molecule has 0 unspecified atom stereocenters. The van der Waals surface area contributed by atoms with Gasteiger partial charge in [-0.2, -0.15) is 0 Å². The molecular weight excluding hydrogens is 318 g/mol. The lowest BCUT2D eigenvalue weighted by Gasteiger charge is -2.19. The van der Waals surface area contributed by atoms with Gasteiger partial charge in [0.25, 0.3) is 0 Å². The molecule has 2 heterocycles. The van der Waals surface area contributed by atoms with Gasteiger partial charge in [-0.25, -0.2) is 4.98 Å². The van der Waals surface area contributed by atoms with E-state index >= 15 is 0 Å². The van der Waals surface area contributed by atoms with Gasteiger partial charge in [0.1, 0.15) is 0 Å². The van der Waals surface area contributed by atoms with Gasteiger partial charge in [-0.15, -0.1) is 0 Å². The minimum Gasteiger partial charge on any atom is -0.362 e. The molecule has 1 aliphatic heterocycles. The average Bonchev–Trinajstić information content (AvgIpc) is 2.68. The number of aromatic nitrogens is 1. The molecule has 0 aliphatic carbocycles. The second-order valence-corrected chi connectivity index (χ2v) is 6.55. The lowest BCUT2D eigenvalue weighted by atomic mass is 9.94. The van der Waals surface area contributed by atoms with E-state index in [-0.39, 0.29) is 6.04 Å². The molecule has 26 heavy (non-hydrogen) atoms. The Morgan fingerprint density at radius 3 is 2.38 bits per heavy atom. The highest BCUT2D eigenvalue weighted by Crippen LogP contribution is 2.35. The van der Waals surface area contributed by atoms with Crippen LogP contribution in [0.3, 0.4) is 0 Å². The van der Waals surface area contributed by atoms with Gasteiger partial charge in [-0.05, 0) is 30.2 Å². The summed E-state index contributed by atoms with van der Waals surface area (Å²) in [4.78, 5) is 4.97. The highest BCUT2D eigenvalue weighted by Gasteiger charge is 2.17. The lowest BCUT2D eigenvalue weighted by Crippen LogP contribution is -2.10. The van der Waals surface area contributed by atoms with E-state index in [1.54, 1.807) is 0 Å². The van der Waals surface area contributed by atoms with Crippen LogP contribution in [0.5, 0.6) is 0 Å². The molecule has 3 heteroatoms. The molecule has 3 nitrogen and oxygen atoms in total. The number of pyridine rings is 1. The molecule has 0 amide bonds. The highest BCUT2D eigenvalue weighted by atomic mass is 14.9. The van der Waals surface area contributed by atoms with Crippen LogP contribution in [-0.2, 0) is 0 Å². The van der Waals surface area contributed by atoms with Gasteiger partial charge >= 0.3 is 0 Å². The molecule has 0 radical (unpaired) electrons. The molecule has 2 aromatic carbocycles. The third-order valence-corrected chi connectivity index (χ3v) is 4.67. The van der Waals surface area contributed by atoms with E-state index in [0.717, 1.165) is 44.9 Å². The maximum absolute atomic E-state index is 5.99. The monoisotopic (exact) mass is 339 g/mol. The average molecular weight is 339 g/mol. The van der Waals surface area contributed by atoms with Crippen molar-refractivity contribution < 1.29 is 0 Å². The number of hydrogen-bond acceptors (Lipinski definition) is 3. The molecule has 0 fully saturated rings. The Morgan fingerprint density at radius 2 is 1.69 bits per heavy atom. The minimum absolute atomic E-state index is 0.0199. The van der Waals surface area contributed by atoms with Crippen LogP contribution in [0.4, 0.5) is 0 Å². The SMILES string of the molecule is C=C1NC=Cc2nc(-c3ccc([C@@H](C)N)cc3)c(-c3ccccc3)cc21. The summed E-state index contributed by atoms with van der Waals surface area (Å²) >= 11 is 0. The summed E-state index contributed by atoms with van der Waals surface area (Å²) in [5.41, 5.74) is 14.2. The first-order chi connectivity index (χ1) is 12.6. The first-order valence-corrected chi connectivity index (χ1v) is 8.72. The molecule has 0 spiro atoms. The fourth-order valence-corrected chi connectivity index (χ4v) is 3.20. The van der Waals surface area contributed by atoms with E-state index in [4.69, 9.17) is 10.7 Å². The predicted molar refractivity (Wildman–Crippen MR) is 109 cm³/mol. The summed E-state index contributed by atoms with van der Waals surface area (Å²) in [6.07, 6.45) is 3.86. The molecular formula is C23H21N3. The molecule has 1 aromatic heterocycles. The molecule has 4 rings (SSSR count). The Morgan fingerprint density at radius 1 is 0.962 bits per heavy atom. The van der Waals surface area contributed by atoms with Crippen LogP contribution in [0.15, 0.2) is 73.4 Å². The van der Waals surface area contributed by atoms with E-state index in [9.17, 15) is 0 Å². The van der Waals surface area contributed by atoms with Crippen molar-refractivity contribution in [1.29, 1.82) is 0 Å². The van der Waals surface area contributed by atoms with Gasteiger partial charge in [0, 0.05) is 34.6 Å². The van der Waals surface area contributed by atoms with Gasteiger partial charge in [0.15, 0.2) is 0 Å². The van der Waals surface area contributed by atoms with E-state index in [2.05, 4.69) is 54.4 Å². The quantitative estimate of drug-likeness (QED) is 0.707. The summed E-state index contributed by atoms with van der Waals surface area (Å²) < 4.78 is 0. The fourth-order valence-electron chi connectivity index (χ4n) is 3.20. The number of fused-ring (bicyclic) bond motifs is 1. The number of hydrogen-bond donors (Lipinski definition) is 2. The zero-order valence-corrected chi connectivity index (χ0v) is 14.7. The topological polar surface area (TPSA) is 50.9 Å². The molecule has 0 saturated heterocycles. The third kappa shape index (κ3) is 2.93. The number of nitrogens with two attached hydrogens (primary N) is 1. The third-order valence-electron chi connectivity index (χ3n) is 4.67. The van der Waals surface area contributed by atoms with Crippen LogP contribution in [0.25, 0.3) is 34.2 Å². The Balaban J connectivity index is 1.93. The lowest BCUT2D eigenvalue weighted by molar-refractivity contribution is 0.818. The van der Waals surface area contributed by atoms with Crippen molar-refractivity contribution in [3.63, 3.8) is 0 Å².